The molecule has 0 atom stereocenters. The predicted octanol–water partition coefficient (Wildman–Crippen LogP) is 2.46. The van der Waals surface area contributed by atoms with Gasteiger partial charge in [-0.05, 0) is 19.9 Å². The first-order valence-corrected chi connectivity index (χ1v) is 7.22. The van der Waals surface area contributed by atoms with Crippen molar-refractivity contribution in [3.05, 3.63) is 30.0 Å². The Morgan fingerprint density at radius 1 is 1.19 bits per heavy atom. The molecule has 0 aliphatic carbocycles. The Kier molecular flexibility index (Phi) is 2.49. The smallest absolute Gasteiger partial charge is 0.235 e. The summed E-state index contributed by atoms with van der Waals surface area (Å²) in [5.74, 6) is 1.55. The highest BCUT2D eigenvalue weighted by Gasteiger charge is 2.18. The summed E-state index contributed by atoms with van der Waals surface area (Å²) in [6.45, 7) is 3.92. The lowest BCUT2D eigenvalue weighted by Crippen LogP contribution is -1.95. The van der Waals surface area contributed by atoms with Crippen molar-refractivity contribution in [3.8, 4) is 22.0 Å². The van der Waals surface area contributed by atoms with Gasteiger partial charge in [-0.3, -0.25) is 4.68 Å². The highest BCUT2D eigenvalue weighted by atomic mass is 32.1. The summed E-state index contributed by atoms with van der Waals surface area (Å²) in [7, 11) is 1.90. The van der Waals surface area contributed by atoms with Crippen molar-refractivity contribution in [2.24, 2.45) is 7.05 Å². The van der Waals surface area contributed by atoms with E-state index in [-0.39, 0.29) is 0 Å². The maximum Gasteiger partial charge on any atom is 0.235 e. The predicted molar refractivity (Wildman–Crippen MR) is 78.0 cm³/mol. The molecule has 0 N–H and O–H groups in total. The van der Waals surface area contributed by atoms with E-state index in [1.807, 2.05) is 31.6 Å². The van der Waals surface area contributed by atoms with E-state index in [1.165, 1.54) is 11.3 Å². The van der Waals surface area contributed by atoms with Crippen molar-refractivity contribution in [3.63, 3.8) is 0 Å². The molecule has 0 unspecified atom stereocenters. The van der Waals surface area contributed by atoms with Crippen LogP contribution in [0.5, 0.6) is 0 Å². The second-order valence-corrected chi connectivity index (χ2v) is 5.74. The number of aryl methyl sites for hydroxylation is 2. The zero-order valence-electron chi connectivity index (χ0n) is 11.7. The number of rotatable bonds is 2. The normalized spacial score (nSPS) is 11.6. The van der Waals surface area contributed by atoms with Crippen LogP contribution >= 0.6 is 11.3 Å². The molecule has 0 aliphatic heterocycles. The van der Waals surface area contributed by atoms with Crippen LogP contribution in [0.1, 0.15) is 11.5 Å². The molecule has 0 saturated heterocycles. The van der Waals surface area contributed by atoms with Gasteiger partial charge in [0.2, 0.25) is 4.96 Å². The Morgan fingerprint density at radius 3 is 2.71 bits per heavy atom. The van der Waals surface area contributed by atoms with Gasteiger partial charge in [0.25, 0.3) is 0 Å². The number of nitrogens with zero attached hydrogens (tertiary/aromatic N) is 6. The van der Waals surface area contributed by atoms with Gasteiger partial charge in [-0.1, -0.05) is 11.3 Å². The van der Waals surface area contributed by atoms with Crippen molar-refractivity contribution in [1.29, 1.82) is 0 Å². The summed E-state index contributed by atoms with van der Waals surface area (Å²) in [5, 5.41) is 18.2. The molecule has 8 heteroatoms. The van der Waals surface area contributed by atoms with Crippen LogP contribution in [0.2, 0.25) is 0 Å². The molecule has 4 aromatic heterocycles. The number of aromatic nitrogens is 6. The van der Waals surface area contributed by atoms with Gasteiger partial charge in [0, 0.05) is 12.7 Å². The Balaban J connectivity index is 1.91. The highest BCUT2D eigenvalue weighted by Crippen LogP contribution is 2.30. The van der Waals surface area contributed by atoms with E-state index in [2.05, 4.69) is 20.4 Å². The van der Waals surface area contributed by atoms with E-state index in [0.29, 0.717) is 5.82 Å². The van der Waals surface area contributed by atoms with Gasteiger partial charge in [-0.25, -0.2) is 0 Å². The molecule has 0 aromatic carbocycles. The molecule has 106 valence electrons. The zero-order valence-corrected chi connectivity index (χ0v) is 12.5. The number of fused-ring (bicyclic) bond motifs is 1. The van der Waals surface area contributed by atoms with E-state index in [1.54, 1.807) is 17.0 Å². The maximum absolute atomic E-state index is 5.34. The molecule has 21 heavy (non-hydrogen) atoms. The van der Waals surface area contributed by atoms with Crippen LogP contribution in [0, 0.1) is 13.8 Å². The van der Waals surface area contributed by atoms with Gasteiger partial charge < -0.3 is 4.42 Å². The van der Waals surface area contributed by atoms with Crippen molar-refractivity contribution in [2.75, 3.05) is 0 Å². The number of furan rings is 1. The second-order valence-electron chi connectivity index (χ2n) is 4.78. The Bertz CT molecular complexity index is 943. The summed E-state index contributed by atoms with van der Waals surface area (Å²) in [4.78, 5) is 0.754. The minimum Gasteiger partial charge on any atom is -0.469 e. The Morgan fingerprint density at radius 2 is 2.05 bits per heavy atom. The summed E-state index contributed by atoms with van der Waals surface area (Å²) in [6.07, 6.45) is 3.45. The maximum atomic E-state index is 5.34. The molecule has 4 aromatic rings. The molecule has 0 aliphatic rings. The standard InChI is InChI=1S/C13H12N6OS/c1-7-10(6-14-18(7)3)11-15-16-13-19(11)17-12(21-13)9-4-5-20-8(9)2/h4-6H,1-3H3. The molecule has 0 fully saturated rings. The van der Waals surface area contributed by atoms with Crippen LogP contribution in [-0.2, 0) is 7.05 Å². The molecule has 4 heterocycles. The van der Waals surface area contributed by atoms with Crippen molar-refractivity contribution >= 4 is 16.3 Å². The molecular formula is C13H12N6OS. The first kappa shape index (κ1) is 12.3. The van der Waals surface area contributed by atoms with Crippen LogP contribution in [0.4, 0.5) is 0 Å². The minimum atomic E-state index is 0.708. The van der Waals surface area contributed by atoms with E-state index >= 15 is 0 Å². The first-order valence-electron chi connectivity index (χ1n) is 6.41. The summed E-state index contributed by atoms with van der Waals surface area (Å²) in [6, 6.07) is 1.91. The molecule has 0 bridgehead atoms. The third-order valence-corrected chi connectivity index (χ3v) is 4.49. The lowest BCUT2D eigenvalue weighted by Gasteiger charge is -1.96. The van der Waals surface area contributed by atoms with Gasteiger partial charge in [0.1, 0.15) is 5.76 Å². The monoisotopic (exact) mass is 300 g/mol. The molecule has 4 rings (SSSR count). The van der Waals surface area contributed by atoms with Crippen LogP contribution in [0.15, 0.2) is 22.9 Å². The van der Waals surface area contributed by atoms with E-state index < -0.39 is 0 Å². The Hall–Kier alpha value is -2.48. The highest BCUT2D eigenvalue weighted by molar-refractivity contribution is 7.19. The third-order valence-electron chi connectivity index (χ3n) is 3.56. The van der Waals surface area contributed by atoms with Crippen LogP contribution < -0.4 is 0 Å². The van der Waals surface area contributed by atoms with E-state index in [4.69, 9.17) is 4.42 Å². The largest absolute Gasteiger partial charge is 0.469 e. The lowest BCUT2D eigenvalue weighted by atomic mass is 10.2. The molecule has 0 saturated carbocycles. The van der Waals surface area contributed by atoms with Gasteiger partial charge in [0.05, 0.1) is 23.6 Å². The third kappa shape index (κ3) is 1.72. The van der Waals surface area contributed by atoms with E-state index in [0.717, 1.165) is 32.5 Å². The topological polar surface area (TPSA) is 74.0 Å². The fourth-order valence-corrected chi connectivity index (χ4v) is 3.13. The lowest BCUT2D eigenvalue weighted by molar-refractivity contribution is 0.535. The first-order chi connectivity index (χ1) is 10.1. The Labute approximate surface area is 123 Å². The van der Waals surface area contributed by atoms with E-state index in [9.17, 15) is 0 Å². The molecule has 0 spiro atoms. The van der Waals surface area contributed by atoms with Crippen LogP contribution in [0.25, 0.3) is 26.9 Å². The van der Waals surface area contributed by atoms with Crippen LogP contribution in [-0.4, -0.2) is 29.6 Å². The summed E-state index contributed by atoms with van der Waals surface area (Å²) >= 11 is 1.49. The SMILES string of the molecule is Cc1occc1-c1nn2c(-c3cnn(C)c3C)nnc2s1. The number of hydrogen-bond donors (Lipinski definition) is 0. The molecular weight excluding hydrogens is 288 g/mol. The quantitative estimate of drug-likeness (QED) is 0.568. The molecule has 0 radical (unpaired) electrons. The van der Waals surface area contributed by atoms with Crippen molar-refractivity contribution < 1.29 is 4.42 Å². The second kappa shape index (κ2) is 4.26. The van der Waals surface area contributed by atoms with Gasteiger partial charge in [-0.15, -0.1) is 10.2 Å². The van der Waals surface area contributed by atoms with Crippen molar-refractivity contribution in [2.45, 2.75) is 13.8 Å². The summed E-state index contributed by atoms with van der Waals surface area (Å²) in [5.41, 5.74) is 2.95. The minimum absolute atomic E-state index is 0.708. The average molecular weight is 300 g/mol. The number of hydrogen-bond acceptors (Lipinski definition) is 6. The fourth-order valence-electron chi connectivity index (χ4n) is 2.22. The molecule has 0 amide bonds. The van der Waals surface area contributed by atoms with Crippen LogP contribution in [0.3, 0.4) is 0 Å². The van der Waals surface area contributed by atoms with Gasteiger partial charge in [-0.2, -0.15) is 14.7 Å². The van der Waals surface area contributed by atoms with Gasteiger partial charge in [0.15, 0.2) is 10.8 Å². The average Bonchev–Trinajstić information content (AvgIpc) is 3.17. The van der Waals surface area contributed by atoms with Crippen molar-refractivity contribution in [1.82, 2.24) is 29.6 Å². The molecule has 7 nitrogen and oxygen atoms in total. The van der Waals surface area contributed by atoms with Gasteiger partial charge >= 0.3 is 0 Å². The zero-order chi connectivity index (χ0) is 14.6. The fraction of sp³-hybridized carbons (Fsp3) is 0.231. The summed E-state index contributed by atoms with van der Waals surface area (Å²) < 4.78 is 8.91.